The zero-order valence-electron chi connectivity index (χ0n) is 30.7. The summed E-state index contributed by atoms with van der Waals surface area (Å²) in [4.78, 5) is 32.6. The van der Waals surface area contributed by atoms with Crippen molar-refractivity contribution in [3.63, 3.8) is 0 Å². The molecule has 0 spiro atoms. The summed E-state index contributed by atoms with van der Waals surface area (Å²) in [5.74, 6) is 2.44. The second-order valence-corrected chi connectivity index (χ2v) is 11.1. The number of urea groups is 1. The molecule has 0 aliphatic carbocycles. The Kier molecular flexibility index (Phi) is 16.3. The van der Waals surface area contributed by atoms with Gasteiger partial charge in [-0.1, -0.05) is 67.5 Å². The van der Waals surface area contributed by atoms with Gasteiger partial charge in [0.15, 0.2) is 6.61 Å². The molecule has 0 N–H and O–H groups in total. The first-order valence-electron chi connectivity index (χ1n) is 16.8. The molecule has 1 fully saturated rings. The van der Waals surface area contributed by atoms with Gasteiger partial charge in [0.2, 0.25) is 0 Å². The van der Waals surface area contributed by atoms with E-state index in [0.29, 0.717) is 37.7 Å². The van der Waals surface area contributed by atoms with Crippen molar-refractivity contribution < 1.29 is 23.8 Å². The smallest absolute Gasteiger partial charge is 0.325 e. The van der Waals surface area contributed by atoms with Crippen LogP contribution in [0, 0.1) is 5.92 Å². The number of amides is 3. The highest BCUT2D eigenvalue weighted by Gasteiger charge is 2.52. The van der Waals surface area contributed by atoms with Crippen LogP contribution in [0.2, 0.25) is 0 Å². The number of fused-ring (bicyclic) bond motifs is 2. The number of nitrogens with zero attached hydrogens (tertiary/aromatic N) is 3. The Bertz CT molecular complexity index is 1220. The van der Waals surface area contributed by atoms with Crippen molar-refractivity contribution in [3.8, 4) is 11.5 Å². The van der Waals surface area contributed by atoms with E-state index in [4.69, 9.17) is 14.2 Å². The highest BCUT2D eigenvalue weighted by molar-refractivity contribution is 5.83. The van der Waals surface area contributed by atoms with Crippen LogP contribution in [0.15, 0.2) is 47.4 Å². The second-order valence-electron chi connectivity index (χ2n) is 11.1. The quantitative estimate of drug-likeness (QED) is 0.172. The molecule has 45 heavy (non-hydrogen) atoms. The molecule has 2 heterocycles. The van der Waals surface area contributed by atoms with Gasteiger partial charge in [-0.3, -0.25) is 9.69 Å². The molecule has 3 rings (SSSR count). The molecule has 3 amide bonds. The summed E-state index contributed by atoms with van der Waals surface area (Å²) in [7, 11) is 5.11. The highest BCUT2D eigenvalue weighted by Crippen LogP contribution is 2.47. The predicted molar refractivity (Wildman–Crippen MR) is 186 cm³/mol. The van der Waals surface area contributed by atoms with Crippen LogP contribution in [0.25, 0.3) is 0 Å². The number of allylic oxidation sites excluding steroid dienone is 4. The average molecular weight is 628 g/mol. The van der Waals surface area contributed by atoms with Gasteiger partial charge in [-0.25, -0.2) is 4.79 Å². The fourth-order valence-electron chi connectivity index (χ4n) is 6.37. The molecule has 2 aliphatic rings. The van der Waals surface area contributed by atoms with E-state index < -0.39 is 5.54 Å². The minimum absolute atomic E-state index is 0.00922. The minimum Gasteiger partial charge on any atom is -0.497 e. The molecule has 8 nitrogen and oxygen atoms in total. The molecule has 2 aliphatic heterocycles. The Balaban J connectivity index is 0.00000243. The lowest BCUT2D eigenvalue weighted by molar-refractivity contribution is -0.133. The van der Waals surface area contributed by atoms with Gasteiger partial charge in [0.25, 0.3) is 5.91 Å². The summed E-state index contributed by atoms with van der Waals surface area (Å²) in [6.45, 7) is 23.9. The molecule has 0 bridgehead atoms. The summed E-state index contributed by atoms with van der Waals surface area (Å²) in [5, 5.41) is 0. The van der Waals surface area contributed by atoms with Gasteiger partial charge in [-0.05, 0) is 62.8 Å². The molecular formula is C37H61N3O5. The number of hydrogen-bond donors (Lipinski definition) is 0. The fraction of sp³-hybridized carbons (Fsp3) is 0.622. The Morgan fingerprint density at radius 2 is 1.73 bits per heavy atom. The van der Waals surface area contributed by atoms with E-state index in [1.807, 2.05) is 89.6 Å². The van der Waals surface area contributed by atoms with Crippen molar-refractivity contribution in [2.75, 3.05) is 41.0 Å². The van der Waals surface area contributed by atoms with E-state index in [0.717, 1.165) is 40.3 Å². The number of methoxy groups -OCH3 is 2. The van der Waals surface area contributed by atoms with E-state index >= 15 is 0 Å². The predicted octanol–water partition coefficient (Wildman–Crippen LogP) is 8.53. The van der Waals surface area contributed by atoms with Crippen LogP contribution in [0.4, 0.5) is 4.79 Å². The Hall–Kier alpha value is -3.42. The highest BCUT2D eigenvalue weighted by atomic mass is 16.5. The minimum atomic E-state index is -0.529. The molecule has 0 radical (unpaired) electrons. The maximum atomic E-state index is 13.9. The number of hydrogen-bond acceptors (Lipinski definition) is 5. The van der Waals surface area contributed by atoms with Crippen molar-refractivity contribution in [2.24, 2.45) is 5.92 Å². The van der Waals surface area contributed by atoms with Crippen LogP contribution < -0.4 is 9.47 Å². The molecule has 1 unspecified atom stereocenters. The summed E-state index contributed by atoms with van der Waals surface area (Å²) < 4.78 is 17.2. The maximum absolute atomic E-state index is 13.9. The van der Waals surface area contributed by atoms with E-state index in [9.17, 15) is 9.59 Å². The third-order valence-electron chi connectivity index (χ3n) is 8.61. The first-order chi connectivity index (χ1) is 21.5. The molecule has 254 valence electrons. The lowest BCUT2D eigenvalue weighted by atomic mass is 9.85. The molecular weight excluding hydrogens is 566 g/mol. The topological polar surface area (TPSA) is 71.5 Å². The Labute approximate surface area is 274 Å². The van der Waals surface area contributed by atoms with E-state index in [-0.39, 0.29) is 24.5 Å². The molecule has 1 aromatic carbocycles. The normalized spacial score (nSPS) is 19.3. The SMILES string of the molecule is C/C=C(\C(=C/C)OCC(=O)N(C)CCC1(CC)C2=C[C@H](C)c3c(cc(OC)cc3OC)CN2C(=O)N1CC)C(C)C.CC.CC. The Morgan fingerprint density at radius 3 is 2.22 bits per heavy atom. The van der Waals surface area contributed by atoms with E-state index in [2.05, 4.69) is 33.8 Å². The number of ether oxygens (including phenoxy) is 3. The molecule has 0 aromatic heterocycles. The Morgan fingerprint density at radius 1 is 1.09 bits per heavy atom. The second kappa shape index (κ2) is 18.5. The summed E-state index contributed by atoms with van der Waals surface area (Å²) in [5.41, 5.74) is 3.64. The van der Waals surface area contributed by atoms with E-state index in [1.54, 1.807) is 19.1 Å². The lowest BCUT2D eigenvalue weighted by Crippen LogP contribution is -2.48. The molecule has 1 aromatic rings. The van der Waals surface area contributed by atoms with Crippen molar-refractivity contribution in [1.29, 1.82) is 0 Å². The zero-order chi connectivity index (χ0) is 34.5. The van der Waals surface area contributed by atoms with Gasteiger partial charge in [0.1, 0.15) is 17.3 Å². The van der Waals surface area contributed by atoms with Crippen molar-refractivity contribution in [3.05, 3.63) is 58.5 Å². The largest absolute Gasteiger partial charge is 0.497 e. The zero-order valence-corrected chi connectivity index (χ0v) is 30.7. The van der Waals surface area contributed by atoms with Gasteiger partial charge >= 0.3 is 6.03 Å². The molecule has 2 atom stereocenters. The summed E-state index contributed by atoms with van der Waals surface area (Å²) >= 11 is 0. The number of carbonyl (C=O) groups is 2. The maximum Gasteiger partial charge on any atom is 0.325 e. The van der Waals surface area contributed by atoms with Crippen molar-refractivity contribution >= 4 is 11.9 Å². The van der Waals surface area contributed by atoms with Crippen LogP contribution in [0.3, 0.4) is 0 Å². The molecule has 1 saturated heterocycles. The van der Waals surface area contributed by atoms with Crippen LogP contribution in [-0.4, -0.2) is 73.1 Å². The fourth-order valence-corrected chi connectivity index (χ4v) is 6.37. The van der Waals surface area contributed by atoms with Gasteiger partial charge in [-0.2, -0.15) is 0 Å². The summed E-state index contributed by atoms with van der Waals surface area (Å²) in [6, 6.07) is 3.90. The van der Waals surface area contributed by atoms with Gasteiger partial charge < -0.3 is 24.0 Å². The average Bonchev–Trinajstić information content (AvgIpc) is 3.16. The van der Waals surface area contributed by atoms with Gasteiger partial charge in [0.05, 0.1) is 26.3 Å². The van der Waals surface area contributed by atoms with E-state index in [1.165, 1.54) is 0 Å². The van der Waals surface area contributed by atoms with Crippen LogP contribution >= 0.6 is 0 Å². The third-order valence-corrected chi connectivity index (χ3v) is 8.61. The first kappa shape index (κ1) is 39.6. The number of carbonyl (C=O) groups excluding carboxylic acids is 2. The van der Waals surface area contributed by atoms with Crippen LogP contribution in [-0.2, 0) is 16.1 Å². The van der Waals surface area contributed by atoms with Crippen molar-refractivity contribution in [1.82, 2.24) is 14.7 Å². The van der Waals surface area contributed by atoms with Crippen molar-refractivity contribution in [2.45, 2.75) is 107 Å². The van der Waals surface area contributed by atoms with Gasteiger partial charge in [-0.15, -0.1) is 0 Å². The molecule has 0 saturated carbocycles. The summed E-state index contributed by atoms with van der Waals surface area (Å²) in [6.07, 6.45) is 7.52. The number of likely N-dealkylation sites (N-methyl/N-ethyl adjacent to an activating group) is 2. The molecule has 8 heteroatoms. The lowest BCUT2D eigenvalue weighted by Gasteiger charge is -2.38. The van der Waals surface area contributed by atoms with Gasteiger partial charge in [0, 0.05) is 43.4 Å². The van der Waals surface area contributed by atoms with Crippen LogP contribution in [0.1, 0.15) is 106 Å². The third kappa shape index (κ3) is 8.44. The first-order valence-corrected chi connectivity index (χ1v) is 16.8. The standard InChI is InChI=1S/C33H49N3O5.2C2H6/c1-11-26(22(5)6)27(12-2)41-21-30(37)34(8)16-15-33(13-3)29-17-23(7)31-24(18-25(39-9)19-28(31)40-10)20-35(29)32(38)36(33)14-4;2*1-2/h11-12,17-19,22-23H,13-16,20-21H2,1-10H3;2*1-2H3/b26-11-,27-12+;;/t23-,33?;;/m0../s1. The van der Waals surface area contributed by atoms with Crippen LogP contribution in [0.5, 0.6) is 11.5 Å². The monoisotopic (exact) mass is 627 g/mol. The number of rotatable bonds is 12. The number of benzene rings is 1.